The van der Waals surface area contributed by atoms with Crippen molar-refractivity contribution in [3.05, 3.63) is 29.8 Å². The standard InChI is InChI=1S/C12H19NO.ClH/c1-4-10(2)13-9-11-6-5-7-12(8-11)14-3;/h5-8,10,13H,4,9H2,1-3H3;1H/p-1. The first kappa shape index (κ1) is 14.3. The molecule has 0 bridgehead atoms. The number of benzene rings is 1. The van der Waals surface area contributed by atoms with Crippen molar-refractivity contribution >= 4 is 0 Å². The van der Waals surface area contributed by atoms with Crippen molar-refractivity contribution < 1.29 is 17.1 Å². The van der Waals surface area contributed by atoms with Crippen molar-refractivity contribution in [1.29, 1.82) is 0 Å². The molecule has 3 heteroatoms. The minimum Gasteiger partial charge on any atom is -1.00 e. The molecule has 0 spiro atoms. The Balaban J connectivity index is 0.00000196. The lowest BCUT2D eigenvalue weighted by molar-refractivity contribution is -0.00000346. The molecule has 1 aromatic carbocycles. The molecule has 1 rings (SSSR count). The van der Waals surface area contributed by atoms with Crippen LogP contribution in [0.5, 0.6) is 5.75 Å². The molecule has 0 aliphatic rings. The van der Waals surface area contributed by atoms with E-state index in [-0.39, 0.29) is 12.4 Å². The Labute approximate surface area is 98.4 Å². The first-order valence-corrected chi connectivity index (χ1v) is 5.12. The highest BCUT2D eigenvalue weighted by atomic mass is 35.5. The number of halogens is 1. The van der Waals surface area contributed by atoms with Crippen molar-refractivity contribution in [2.75, 3.05) is 7.11 Å². The molecule has 1 N–H and O–H groups in total. The van der Waals surface area contributed by atoms with Gasteiger partial charge in [-0.3, -0.25) is 0 Å². The van der Waals surface area contributed by atoms with Crippen LogP contribution in [0.2, 0.25) is 0 Å². The van der Waals surface area contributed by atoms with Crippen molar-refractivity contribution in [2.45, 2.75) is 32.9 Å². The zero-order valence-corrected chi connectivity index (χ0v) is 10.3. The van der Waals surface area contributed by atoms with E-state index < -0.39 is 0 Å². The van der Waals surface area contributed by atoms with E-state index in [0.717, 1.165) is 18.7 Å². The molecule has 2 nitrogen and oxygen atoms in total. The van der Waals surface area contributed by atoms with Crippen LogP contribution in [0, 0.1) is 0 Å². The minimum atomic E-state index is 0. The van der Waals surface area contributed by atoms with Gasteiger partial charge in [-0.1, -0.05) is 19.1 Å². The molecule has 0 aromatic heterocycles. The van der Waals surface area contributed by atoms with Gasteiger partial charge in [-0.25, -0.2) is 0 Å². The number of hydrogen-bond donors (Lipinski definition) is 1. The number of nitrogens with one attached hydrogen (secondary N) is 1. The summed E-state index contributed by atoms with van der Waals surface area (Å²) in [6.45, 7) is 5.29. The third-order valence-corrected chi connectivity index (χ3v) is 2.40. The fourth-order valence-electron chi connectivity index (χ4n) is 1.22. The topological polar surface area (TPSA) is 21.3 Å². The minimum absolute atomic E-state index is 0. The van der Waals surface area contributed by atoms with Crippen LogP contribution >= 0.6 is 0 Å². The highest BCUT2D eigenvalue weighted by molar-refractivity contribution is 5.28. The molecule has 0 heterocycles. The molecule has 0 fully saturated rings. The molecular formula is C12H19ClNO-. The van der Waals surface area contributed by atoms with Crippen molar-refractivity contribution in [3.63, 3.8) is 0 Å². The van der Waals surface area contributed by atoms with E-state index in [9.17, 15) is 0 Å². The first-order valence-electron chi connectivity index (χ1n) is 5.12. The smallest absolute Gasteiger partial charge is 0.119 e. The maximum atomic E-state index is 5.16. The lowest BCUT2D eigenvalue weighted by Crippen LogP contribution is -3.00. The molecule has 0 aliphatic heterocycles. The number of rotatable bonds is 5. The summed E-state index contributed by atoms with van der Waals surface area (Å²) in [4.78, 5) is 0. The number of hydrogen-bond acceptors (Lipinski definition) is 2. The Kier molecular flexibility index (Phi) is 7.18. The van der Waals surface area contributed by atoms with Crippen molar-refractivity contribution in [1.82, 2.24) is 5.32 Å². The number of methoxy groups -OCH3 is 1. The van der Waals surface area contributed by atoms with Crippen LogP contribution in [0.1, 0.15) is 25.8 Å². The van der Waals surface area contributed by atoms with E-state index in [1.54, 1.807) is 7.11 Å². The second kappa shape index (κ2) is 7.55. The van der Waals surface area contributed by atoms with Gasteiger partial charge in [-0.2, -0.15) is 0 Å². The summed E-state index contributed by atoms with van der Waals surface area (Å²) in [6.07, 6.45) is 1.16. The monoisotopic (exact) mass is 228 g/mol. The molecule has 0 amide bonds. The largest absolute Gasteiger partial charge is 1.00 e. The predicted molar refractivity (Wildman–Crippen MR) is 59.6 cm³/mol. The summed E-state index contributed by atoms with van der Waals surface area (Å²) in [5.41, 5.74) is 1.27. The Morgan fingerprint density at radius 3 is 2.73 bits per heavy atom. The van der Waals surface area contributed by atoms with E-state index in [0.29, 0.717) is 6.04 Å². The molecule has 1 aromatic rings. The highest BCUT2D eigenvalue weighted by Gasteiger charge is 1.99. The van der Waals surface area contributed by atoms with Crippen molar-refractivity contribution in [3.8, 4) is 5.75 Å². The van der Waals surface area contributed by atoms with Gasteiger partial charge in [0.2, 0.25) is 0 Å². The summed E-state index contributed by atoms with van der Waals surface area (Å²) in [5, 5.41) is 3.44. The van der Waals surface area contributed by atoms with Gasteiger partial charge < -0.3 is 22.5 Å². The Bertz CT molecular complexity index is 278. The van der Waals surface area contributed by atoms with E-state index >= 15 is 0 Å². The predicted octanol–water partition coefficient (Wildman–Crippen LogP) is -0.413. The summed E-state index contributed by atoms with van der Waals surface area (Å²) < 4.78 is 5.16. The molecular weight excluding hydrogens is 210 g/mol. The maximum absolute atomic E-state index is 5.16. The van der Waals surface area contributed by atoms with Gasteiger partial charge in [0.1, 0.15) is 5.75 Å². The third kappa shape index (κ3) is 5.05. The quantitative estimate of drug-likeness (QED) is 0.740. The van der Waals surface area contributed by atoms with E-state index in [1.807, 2.05) is 12.1 Å². The van der Waals surface area contributed by atoms with Gasteiger partial charge in [0.25, 0.3) is 0 Å². The summed E-state index contributed by atoms with van der Waals surface area (Å²) in [5.74, 6) is 0.924. The lowest BCUT2D eigenvalue weighted by Gasteiger charge is -2.11. The summed E-state index contributed by atoms with van der Waals surface area (Å²) >= 11 is 0. The Hall–Kier alpha value is -0.730. The molecule has 15 heavy (non-hydrogen) atoms. The molecule has 0 saturated heterocycles. The average molecular weight is 229 g/mol. The van der Waals surface area contributed by atoms with Crippen LogP contribution in [0.25, 0.3) is 0 Å². The van der Waals surface area contributed by atoms with Crippen LogP contribution in [-0.2, 0) is 6.54 Å². The SMILES string of the molecule is CCC(C)NCc1cccc(OC)c1.[Cl-]. The van der Waals surface area contributed by atoms with Gasteiger partial charge in [0, 0.05) is 12.6 Å². The van der Waals surface area contributed by atoms with E-state index in [4.69, 9.17) is 4.74 Å². The van der Waals surface area contributed by atoms with E-state index in [1.165, 1.54) is 5.56 Å². The van der Waals surface area contributed by atoms with Gasteiger partial charge in [0.05, 0.1) is 7.11 Å². The van der Waals surface area contributed by atoms with Crippen LogP contribution in [0.4, 0.5) is 0 Å². The maximum Gasteiger partial charge on any atom is 0.119 e. The summed E-state index contributed by atoms with van der Waals surface area (Å²) in [6, 6.07) is 8.73. The fraction of sp³-hybridized carbons (Fsp3) is 0.500. The highest BCUT2D eigenvalue weighted by Crippen LogP contribution is 2.12. The van der Waals surface area contributed by atoms with Crippen LogP contribution < -0.4 is 22.5 Å². The van der Waals surface area contributed by atoms with Crippen LogP contribution in [0.3, 0.4) is 0 Å². The molecule has 86 valence electrons. The third-order valence-electron chi connectivity index (χ3n) is 2.40. The lowest BCUT2D eigenvalue weighted by atomic mass is 10.2. The molecule has 1 atom stereocenters. The second-order valence-electron chi connectivity index (χ2n) is 3.54. The van der Waals surface area contributed by atoms with E-state index in [2.05, 4.69) is 31.3 Å². The summed E-state index contributed by atoms with van der Waals surface area (Å²) in [7, 11) is 1.70. The Morgan fingerprint density at radius 2 is 2.13 bits per heavy atom. The zero-order chi connectivity index (χ0) is 10.4. The molecule has 0 saturated carbocycles. The zero-order valence-electron chi connectivity index (χ0n) is 9.59. The second-order valence-corrected chi connectivity index (χ2v) is 3.54. The average Bonchev–Trinajstić information content (AvgIpc) is 2.26. The molecule has 0 radical (unpaired) electrons. The van der Waals surface area contributed by atoms with Crippen molar-refractivity contribution in [2.24, 2.45) is 0 Å². The first-order chi connectivity index (χ1) is 6.76. The molecule has 1 unspecified atom stereocenters. The Morgan fingerprint density at radius 1 is 1.40 bits per heavy atom. The van der Waals surface area contributed by atoms with Gasteiger partial charge in [0.15, 0.2) is 0 Å². The van der Waals surface area contributed by atoms with Gasteiger partial charge in [-0.05, 0) is 31.0 Å². The van der Waals surface area contributed by atoms with Crippen LogP contribution in [-0.4, -0.2) is 13.2 Å². The fourth-order valence-corrected chi connectivity index (χ4v) is 1.22. The van der Waals surface area contributed by atoms with Gasteiger partial charge in [-0.15, -0.1) is 0 Å². The molecule has 0 aliphatic carbocycles. The van der Waals surface area contributed by atoms with Gasteiger partial charge >= 0.3 is 0 Å². The van der Waals surface area contributed by atoms with Crippen LogP contribution in [0.15, 0.2) is 24.3 Å². The normalized spacial score (nSPS) is 11.7. The number of ether oxygens (including phenoxy) is 1.